The van der Waals surface area contributed by atoms with Crippen LogP contribution in [0.1, 0.15) is 12.1 Å². The van der Waals surface area contributed by atoms with Crippen LogP contribution in [0.2, 0.25) is 0 Å². The highest BCUT2D eigenvalue weighted by Gasteiger charge is 1.95. The maximum Gasteiger partial charge on any atom is 0.132 e. The number of para-hydroxylation sites is 2. The summed E-state index contributed by atoms with van der Waals surface area (Å²) < 4.78 is 0. The van der Waals surface area contributed by atoms with Crippen LogP contribution in [0.3, 0.4) is 0 Å². The fourth-order valence-corrected chi connectivity index (χ4v) is 1.36. The molecule has 0 aliphatic carbocycles. The Hall–Kier alpha value is -1.92. The van der Waals surface area contributed by atoms with Gasteiger partial charge in [-0.25, -0.2) is 4.98 Å². The first-order chi connectivity index (χ1) is 7.90. The van der Waals surface area contributed by atoms with Gasteiger partial charge in [0.2, 0.25) is 0 Å². The first-order valence-electron chi connectivity index (χ1n) is 5.25. The lowest BCUT2D eigenvalue weighted by molar-refractivity contribution is 0.818. The van der Waals surface area contributed by atoms with Crippen molar-refractivity contribution in [2.75, 3.05) is 13.6 Å². The van der Waals surface area contributed by atoms with Gasteiger partial charge >= 0.3 is 0 Å². The van der Waals surface area contributed by atoms with Crippen molar-refractivity contribution < 1.29 is 0 Å². The zero-order valence-electron chi connectivity index (χ0n) is 9.20. The maximum absolute atomic E-state index is 4.42. The first kappa shape index (κ1) is 10.6. The molecule has 0 aliphatic rings. The zero-order valence-corrected chi connectivity index (χ0v) is 9.20. The molecule has 1 aromatic heterocycles. The fourth-order valence-electron chi connectivity index (χ4n) is 1.36. The molecule has 0 bridgehead atoms. The predicted molar refractivity (Wildman–Crippen MR) is 65.0 cm³/mol. The van der Waals surface area contributed by atoms with Gasteiger partial charge in [0.25, 0.3) is 0 Å². The van der Waals surface area contributed by atoms with Crippen molar-refractivity contribution >= 4 is 11.0 Å². The fraction of sp³-hybridized carbons (Fsp3) is 0.231. The van der Waals surface area contributed by atoms with Crippen LogP contribution in [0.15, 0.2) is 30.5 Å². The highest BCUT2D eigenvalue weighted by Crippen LogP contribution is 2.07. The molecule has 1 aromatic carbocycles. The third-order valence-electron chi connectivity index (χ3n) is 2.17. The average Bonchev–Trinajstić information content (AvgIpc) is 2.34. The van der Waals surface area contributed by atoms with Crippen LogP contribution in [-0.4, -0.2) is 23.6 Å². The Kier molecular flexibility index (Phi) is 3.47. The second-order valence-electron chi connectivity index (χ2n) is 3.40. The largest absolute Gasteiger partial charge is 0.319 e. The SMILES string of the molecule is CNCCC#Cc1cnc2ccccc2n1. The molecular weight excluding hydrogens is 198 g/mol. The van der Waals surface area contributed by atoms with Crippen LogP contribution < -0.4 is 5.32 Å². The molecule has 0 fully saturated rings. The van der Waals surface area contributed by atoms with Gasteiger partial charge in [-0.1, -0.05) is 18.1 Å². The lowest BCUT2D eigenvalue weighted by Crippen LogP contribution is -2.05. The number of nitrogens with one attached hydrogen (secondary N) is 1. The van der Waals surface area contributed by atoms with Crippen LogP contribution in [0.4, 0.5) is 0 Å². The molecule has 0 atom stereocenters. The van der Waals surface area contributed by atoms with Crippen molar-refractivity contribution in [1.82, 2.24) is 15.3 Å². The van der Waals surface area contributed by atoms with Crippen molar-refractivity contribution in [3.8, 4) is 11.8 Å². The number of nitrogens with zero attached hydrogens (tertiary/aromatic N) is 2. The lowest BCUT2D eigenvalue weighted by atomic mass is 10.3. The molecule has 0 spiro atoms. The summed E-state index contributed by atoms with van der Waals surface area (Å²) in [6.07, 6.45) is 2.54. The quantitative estimate of drug-likeness (QED) is 0.605. The van der Waals surface area contributed by atoms with Gasteiger partial charge in [0, 0.05) is 13.0 Å². The predicted octanol–water partition coefficient (Wildman–Crippen LogP) is 1.59. The lowest BCUT2D eigenvalue weighted by Gasteiger charge is -1.95. The van der Waals surface area contributed by atoms with E-state index in [9.17, 15) is 0 Å². The van der Waals surface area contributed by atoms with E-state index in [1.807, 2.05) is 31.3 Å². The third-order valence-corrected chi connectivity index (χ3v) is 2.17. The summed E-state index contributed by atoms with van der Waals surface area (Å²) >= 11 is 0. The number of hydrogen-bond acceptors (Lipinski definition) is 3. The molecule has 2 rings (SSSR count). The second-order valence-corrected chi connectivity index (χ2v) is 3.40. The molecule has 0 amide bonds. The van der Waals surface area contributed by atoms with Gasteiger partial charge in [0.15, 0.2) is 0 Å². The van der Waals surface area contributed by atoms with Crippen LogP contribution in [0.5, 0.6) is 0 Å². The zero-order chi connectivity index (χ0) is 11.2. The summed E-state index contributed by atoms with van der Waals surface area (Å²) in [5.41, 5.74) is 2.53. The summed E-state index contributed by atoms with van der Waals surface area (Å²) in [5, 5.41) is 3.05. The van der Waals surface area contributed by atoms with Gasteiger partial charge in [0.05, 0.1) is 17.2 Å². The van der Waals surface area contributed by atoms with E-state index in [0.717, 1.165) is 29.7 Å². The minimum absolute atomic E-state index is 0.731. The van der Waals surface area contributed by atoms with Crippen LogP contribution in [0, 0.1) is 11.8 Å². The van der Waals surface area contributed by atoms with Gasteiger partial charge < -0.3 is 5.32 Å². The molecule has 0 unspecified atom stereocenters. The van der Waals surface area contributed by atoms with E-state index in [1.54, 1.807) is 6.20 Å². The van der Waals surface area contributed by atoms with E-state index in [2.05, 4.69) is 27.1 Å². The molecule has 80 valence electrons. The van der Waals surface area contributed by atoms with Crippen molar-refractivity contribution in [3.63, 3.8) is 0 Å². The molecule has 1 heterocycles. The van der Waals surface area contributed by atoms with Gasteiger partial charge in [0.1, 0.15) is 5.69 Å². The Morgan fingerprint density at radius 3 is 2.88 bits per heavy atom. The van der Waals surface area contributed by atoms with E-state index < -0.39 is 0 Å². The van der Waals surface area contributed by atoms with Gasteiger partial charge in [-0.15, -0.1) is 0 Å². The summed E-state index contributed by atoms with van der Waals surface area (Å²) in [5.74, 6) is 6.06. The van der Waals surface area contributed by atoms with E-state index in [0.29, 0.717) is 0 Å². The van der Waals surface area contributed by atoms with E-state index in [-0.39, 0.29) is 0 Å². The molecule has 2 aromatic rings. The summed E-state index contributed by atoms with van der Waals surface area (Å²) in [7, 11) is 1.91. The number of hydrogen-bond donors (Lipinski definition) is 1. The molecule has 0 saturated carbocycles. The normalized spacial score (nSPS) is 9.81. The first-order valence-corrected chi connectivity index (χ1v) is 5.25. The van der Waals surface area contributed by atoms with Gasteiger partial charge in [-0.2, -0.15) is 0 Å². The molecule has 3 nitrogen and oxygen atoms in total. The summed E-state index contributed by atoms with van der Waals surface area (Å²) in [6.45, 7) is 0.897. The van der Waals surface area contributed by atoms with Crippen molar-refractivity contribution in [1.29, 1.82) is 0 Å². The highest BCUT2D eigenvalue weighted by atomic mass is 14.8. The number of fused-ring (bicyclic) bond motifs is 1. The second kappa shape index (κ2) is 5.24. The Morgan fingerprint density at radius 1 is 1.25 bits per heavy atom. The number of rotatable bonds is 2. The van der Waals surface area contributed by atoms with Crippen molar-refractivity contribution in [2.45, 2.75) is 6.42 Å². The minimum Gasteiger partial charge on any atom is -0.319 e. The standard InChI is InChI=1S/C13H13N3/c1-14-9-5-4-6-11-10-15-12-7-2-3-8-13(12)16-11/h2-3,7-8,10,14H,5,9H2,1H3. The van der Waals surface area contributed by atoms with Gasteiger partial charge in [-0.3, -0.25) is 4.98 Å². The topological polar surface area (TPSA) is 37.8 Å². The number of benzene rings is 1. The molecule has 16 heavy (non-hydrogen) atoms. The monoisotopic (exact) mass is 211 g/mol. The Labute approximate surface area is 94.9 Å². The summed E-state index contributed by atoms with van der Waals surface area (Å²) in [4.78, 5) is 8.72. The smallest absolute Gasteiger partial charge is 0.132 e. The third kappa shape index (κ3) is 2.56. The minimum atomic E-state index is 0.731. The molecule has 0 aliphatic heterocycles. The molecular formula is C13H13N3. The molecule has 0 saturated heterocycles. The van der Waals surface area contributed by atoms with Crippen LogP contribution in [-0.2, 0) is 0 Å². The van der Waals surface area contributed by atoms with E-state index in [1.165, 1.54) is 0 Å². The molecule has 3 heteroatoms. The Morgan fingerprint density at radius 2 is 2.06 bits per heavy atom. The summed E-state index contributed by atoms with van der Waals surface area (Å²) in [6, 6.07) is 7.80. The average molecular weight is 211 g/mol. The highest BCUT2D eigenvalue weighted by molar-refractivity contribution is 5.74. The number of aromatic nitrogens is 2. The molecule has 0 radical (unpaired) electrons. The van der Waals surface area contributed by atoms with Crippen LogP contribution >= 0.6 is 0 Å². The van der Waals surface area contributed by atoms with Crippen LogP contribution in [0.25, 0.3) is 11.0 Å². The molecule has 1 N–H and O–H groups in total. The van der Waals surface area contributed by atoms with E-state index >= 15 is 0 Å². The van der Waals surface area contributed by atoms with Gasteiger partial charge in [-0.05, 0) is 25.1 Å². The Balaban J connectivity index is 2.21. The van der Waals surface area contributed by atoms with E-state index in [4.69, 9.17) is 0 Å². The maximum atomic E-state index is 4.42. The van der Waals surface area contributed by atoms with Crippen molar-refractivity contribution in [2.24, 2.45) is 0 Å². The Bertz CT molecular complexity index is 537. The van der Waals surface area contributed by atoms with Crippen molar-refractivity contribution in [3.05, 3.63) is 36.2 Å².